The van der Waals surface area contributed by atoms with Crippen molar-refractivity contribution >= 4 is 11.7 Å². The number of amides is 1. The number of nitrogens with one attached hydrogen (secondary N) is 1. The van der Waals surface area contributed by atoms with Gasteiger partial charge < -0.3 is 14.6 Å². The zero-order valence-electron chi connectivity index (χ0n) is 14.6. The van der Waals surface area contributed by atoms with Crippen molar-refractivity contribution in [3.63, 3.8) is 0 Å². The van der Waals surface area contributed by atoms with Gasteiger partial charge in [0.15, 0.2) is 5.82 Å². The van der Waals surface area contributed by atoms with E-state index >= 15 is 0 Å². The predicted molar refractivity (Wildman–Crippen MR) is 96.2 cm³/mol. The molecule has 0 aliphatic heterocycles. The summed E-state index contributed by atoms with van der Waals surface area (Å²) in [6.45, 7) is 2.91. The van der Waals surface area contributed by atoms with Gasteiger partial charge in [-0.2, -0.15) is 0 Å². The number of benzene rings is 1. The summed E-state index contributed by atoms with van der Waals surface area (Å²) in [6, 6.07) is 9.47. The molecule has 0 aliphatic carbocycles. The molecule has 1 aromatic carbocycles. The first-order chi connectivity index (χ1) is 12.6. The van der Waals surface area contributed by atoms with Crippen LogP contribution < -0.4 is 10.2 Å². The molecule has 2 aromatic heterocycles. The van der Waals surface area contributed by atoms with Crippen LogP contribution in [0.4, 0.5) is 10.2 Å². The van der Waals surface area contributed by atoms with Crippen LogP contribution in [0.2, 0.25) is 0 Å². The molecule has 1 N–H and O–H groups in total. The van der Waals surface area contributed by atoms with Crippen molar-refractivity contribution in [2.75, 3.05) is 18.5 Å². The van der Waals surface area contributed by atoms with E-state index in [1.54, 1.807) is 30.5 Å². The van der Waals surface area contributed by atoms with E-state index < -0.39 is 0 Å². The van der Waals surface area contributed by atoms with Crippen LogP contribution in [-0.2, 0) is 6.54 Å². The maximum absolute atomic E-state index is 13.1. The smallest absolute Gasteiger partial charge is 0.256 e. The minimum absolute atomic E-state index is 0.279. The van der Waals surface area contributed by atoms with E-state index in [4.69, 9.17) is 4.42 Å². The zero-order valence-corrected chi connectivity index (χ0v) is 14.6. The van der Waals surface area contributed by atoms with Gasteiger partial charge in [-0.1, -0.05) is 0 Å². The van der Waals surface area contributed by atoms with Crippen molar-refractivity contribution in [3.05, 3.63) is 66.0 Å². The maximum atomic E-state index is 13.1. The first-order valence-electron chi connectivity index (χ1n) is 8.23. The van der Waals surface area contributed by atoms with Crippen LogP contribution in [0.3, 0.4) is 0 Å². The summed E-state index contributed by atoms with van der Waals surface area (Å²) in [5.41, 5.74) is 1.05. The number of hydrogen-bond acceptors (Lipinski definition) is 5. The van der Waals surface area contributed by atoms with Crippen molar-refractivity contribution in [1.29, 1.82) is 0 Å². The summed E-state index contributed by atoms with van der Waals surface area (Å²) < 4.78 is 18.3. The fraction of sp³-hybridized carbons (Fsp3) is 0.211. The minimum Gasteiger partial charge on any atom is -0.467 e. The van der Waals surface area contributed by atoms with E-state index in [0.717, 1.165) is 0 Å². The average molecular weight is 354 g/mol. The lowest BCUT2D eigenvalue weighted by atomic mass is 10.2. The number of furan rings is 1. The molecule has 0 fully saturated rings. The number of aromatic nitrogens is 2. The molecule has 0 bridgehead atoms. The molecule has 134 valence electrons. The first-order valence-corrected chi connectivity index (χ1v) is 8.23. The van der Waals surface area contributed by atoms with Gasteiger partial charge in [0, 0.05) is 25.4 Å². The fourth-order valence-corrected chi connectivity index (χ4v) is 2.39. The molecule has 0 aliphatic rings. The summed E-state index contributed by atoms with van der Waals surface area (Å²) in [6.07, 6.45) is 3.04. The minimum atomic E-state index is -0.325. The Kier molecular flexibility index (Phi) is 5.26. The highest BCUT2D eigenvalue weighted by molar-refractivity contribution is 5.98. The molecular formula is C19H19FN4O2. The number of anilines is 1. The molecule has 7 heteroatoms. The van der Waals surface area contributed by atoms with Crippen LogP contribution in [0.1, 0.15) is 23.0 Å². The molecular weight excluding hydrogens is 335 g/mol. The molecule has 0 saturated heterocycles. The topological polar surface area (TPSA) is 71.3 Å². The van der Waals surface area contributed by atoms with Gasteiger partial charge in [0.1, 0.15) is 23.0 Å². The van der Waals surface area contributed by atoms with Gasteiger partial charge >= 0.3 is 0 Å². The lowest BCUT2D eigenvalue weighted by Gasteiger charge is -2.19. The van der Waals surface area contributed by atoms with E-state index in [9.17, 15) is 9.18 Å². The second-order valence-corrected chi connectivity index (χ2v) is 5.71. The van der Waals surface area contributed by atoms with Crippen molar-refractivity contribution < 1.29 is 13.6 Å². The van der Waals surface area contributed by atoms with Crippen LogP contribution >= 0.6 is 0 Å². The molecule has 3 rings (SSSR count). The third-order valence-corrected chi connectivity index (χ3v) is 3.95. The van der Waals surface area contributed by atoms with E-state index in [0.29, 0.717) is 35.1 Å². The second-order valence-electron chi connectivity index (χ2n) is 5.71. The largest absolute Gasteiger partial charge is 0.467 e. The molecule has 0 saturated carbocycles. The molecule has 1 amide bonds. The summed E-state index contributed by atoms with van der Waals surface area (Å²) in [5.74, 6) is 0.991. The van der Waals surface area contributed by atoms with E-state index in [1.165, 1.54) is 18.3 Å². The Hall–Kier alpha value is -3.22. The van der Waals surface area contributed by atoms with Crippen molar-refractivity contribution in [1.82, 2.24) is 15.3 Å². The highest BCUT2D eigenvalue weighted by atomic mass is 19.1. The van der Waals surface area contributed by atoms with Crippen molar-refractivity contribution in [2.24, 2.45) is 0 Å². The van der Waals surface area contributed by atoms with Crippen LogP contribution in [0, 0.1) is 5.82 Å². The molecule has 0 spiro atoms. The van der Waals surface area contributed by atoms with Gasteiger partial charge in [-0.25, -0.2) is 14.4 Å². The molecule has 3 aromatic rings. The van der Waals surface area contributed by atoms with E-state index in [1.807, 2.05) is 18.9 Å². The monoisotopic (exact) mass is 354 g/mol. The van der Waals surface area contributed by atoms with Crippen LogP contribution in [0.15, 0.2) is 53.3 Å². The summed E-state index contributed by atoms with van der Waals surface area (Å²) in [4.78, 5) is 23.2. The second kappa shape index (κ2) is 7.77. The number of carbonyl (C=O) groups excluding carboxylic acids is 1. The summed E-state index contributed by atoms with van der Waals surface area (Å²) >= 11 is 0. The number of nitrogens with zero attached hydrogens (tertiary/aromatic N) is 3. The average Bonchev–Trinajstić information content (AvgIpc) is 3.19. The Morgan fingerprint density at radius 2 is 2.04 bits per heavy atom. The highest BCUT2D eigenvalue weighted by Gasteiger charge is 2.18. The third kappa shape index (κ3) is 3.88. The third-order valence-electron chi connectivity index (χ3n) is 3.95. The molecule has 2 heterocycles. The first kappa shape index (κ1) is 17.6. The highest BCUT2D eigenvalue weighted by Crippen LogP contribution is 2.22. The number of halogens is 1. The Balaban J connectivity index is 1.88. The Morgan fingerprint density at radius 3 is 2.69 bits per heavy atom. The number of rotatable bonds is 6. The lowest BCUT2D eigenvalue weighted by molar-refractivity contribution is 0.0948. The maximum Gasteiger partial charge on any atom is 0.256 e. The number of hydrogen-bond donors (Lipinski definition) is 1. The zero-order chi connectivity index (χ0) is 18.5. The predicted octanol–water partition coefficient (Wildman–Crippen LogP) is 3.26. The van der Waals surface area contributed by atoms with Crippen molar-refractivity contribution in [2.45, 2.75) is 13.5 Å². The van der Waals surface area contributed by atoms with Crippen LogP contribution in [0.5, 0.6) is 0 Å². The standard InChI is InChI=1S/C19H19FN4O2/c1-3-24(2)18-16(19(25)22-11-15-5-4-10-26-15)12-21-17(23-18)13-6-8-14(20)9-7-13/h4-10,12H,3,11H2,1-2H3,(H,22,25). The molecule has 0 atom stereocenters. The normalized spacial score (nSPS) is 10.6. The Labute approximate surface area is 150 Å². The van der Waals surface area contributed by atoms with Gasteiger partial charge in [-0.05, 0) is 43.3 Å². The lowest BCUT2D eigenvalue weighted by Crippen LogP contribution is -2.27. The van der Waals surface area contributed by atoms with E-state index in [2.05, 4.69) is 15.3 Å². The fourth-order valence-electron chi connectivity index (χ4n) is 2.39. The van der Waals surface area contributed by atoms with Gasteiger partial charge in [-0.15, -0.1) is 0 Å². The molecule has 0 radical (unpaired) electrons. The van der Waals surface area contributed by atoms with Crippen LogP contribution in [0.25, 0.3) is 11.4 Å². The van der Waals surface area contributed by atoms with Gasteiger partial charge in [0.25, 0.3) is 5.91 Å². The quantitative estimate of drug-likeness (QED) is 0.736. The van der Waals surface area contributed by atoms with Crippen LogP contribution in [-0.4, -0.2) is 29.5 Å². The SMILES string of the molecule is CCN(C)c1nc(-c2ccc(F)cc2)ncc1C(=O)NCc1ccco1. The van der Waals surface area contributed by atoms with Gasteiger partial charge in [0.2, 0.25) is 0 Å². The van der Waals surface area contributed by atoms with Crippen molar-refractivity contribution in [3.8, 4) is 11.4 Å². The summed E-state index contributed by atoms with van der Waals surface area (Å²) in [7, 11) is 1.85. The molecule has 26 heavy (non-hydrogen) atoms. The van der Waals surface area contributed by atoms with Gasteiger partial charge in [0.05, 0.1) is 12.8 Å². The number of carbonyl (C=O) groups is 1. The Bertz CT molecular complexity index is 879. The van der Waals surface area contributed by atoms with Gasteiger partial charge in [-0.3, -0.25) is 4.79 Å². The van der Waals surface area contributed by atoms with E-state index in [-0.39, 0.29) is 18.3 Å². The molecule has 0 unspecified atom stereocenters. The Morgan fingerprint density at radius 1 is 1.27 bits per heavy atom. The summed E-state index contributed by atoms with van der Waals surface area (Å²) in [5, 5.41) is 2.80. The molecule has 6 nitrogen and oxygen atoms in total.